The van der Waals surface area contributed by atoms with Gasteiger partial charge in [-0.1, -0.05) is 36.4 Å². The first-order valence-electron chi connectivity index (χ1n) is 5.74. The summed E-state index contributed by atoms with van der Waals surface area (Å²) in [6.45, 7) is 8.74. The fourth-order valence-electron chi connectivity index (χ4n) is 2.09. The third-order valence-corrected chi connectivity index (χ3v) is 3.50. The van der Waals surface area contributed by atoms with E-state index in [4.69, 9.17) is 0 Å². The summed E-state index contributed by atoms with van der Waals surface area (Å²) in [5.41, 5.74) is 8.21. The van der Waals surface area contributed by atoms with Gasteiger partial charge < -0.3 is 0 Å². The summed E-state index contributed by atoms with van der Waals surface area (Å²) in [4.78, 5) is 0. The van der Waals surface area contributed by atoms with Crippen LogP contribution in [-0.4, -0.2) is 0 Å². The molecule has 0 aliphatic carbocycles. The van der Waals surface area contributed by atoms with Crippen LogP contribution in [0.15, 0.2) is 36.4 Å². The third kappa shape index (κ3) is 1.76. The van der Waals surface area contributed by atoms with Gasteiger partial charge in [-0.15, -0.1) is 0 Å². The molecule has 2 aromatic carbocycles. The molecule has 16 heavy (non-hydrogen) atoms. The van der Waals surface area contributed by atoms with Crippen molar-refractivity contribution in [3.63, 3.8) is 0 Å². The lowest BCUT2D eigenvalue weighted by atomic mass is 9.92. The fraction of sp³-hybridized carbons (Fsp3) is 0.250. The highest BCUT2D eigenvalue weighted by molar-refractivity contribution is 5.72. The van der Waals surface area contributed by atoms with Crippen molar-refractivity contribution in [2.24, 2.45) is 0 Å². The fourth-order valence-corrected chi connectivity index (χ4v) is 2.09. The van der Waals surface area contributed by atoms with Crippen molar-refractivity contribution in [1.29, 1.82) is 0 Å². The van der Waals surface area contributed by atoms with E-state index in [-0.39, 0.29) is 0 Å². The SMILES string of the molecule is Cc1cccc(-c2cccc(C)c2C)c1C. The van der Waals surface area contributed by atoms with E-state index >= 15 is 0 Å². The Morgan fingerprint density at radius 3 is 1.31 bits per heavy atom. The van der Waals surface area contributed by atoms with Crippen molar-refractivity contribution in [3.05, 3.63) is 58.7 Å². The first-order chi connectivity index (χ1) is 7.61. The predicted molar refractivity (Wildman–Crippen MR) is 70.8 cm³/mol. The van der Waals surface area contributed by atoms with Gasteiger partial charge in [0.15, 0.2) is 0 Å². The zero-order chi connectivity index (χ0) is 11.7. The summed E-state index contributed by atoms with van der Waals surface area (Å²) >= 11 is 0. The number of rotatable bonds is 1. The van der Waals surface area contributed by atoms with Crippen LogP contribution in [0.2, 0.25) is 0 Å². The molecule has 0 unspecified atom stereocenters. The van der Waals surface area contributed by atoms with E-state index in [1.54, 1.807) is 0 Å². The van der Waals surface area contributed by atoms with Gasteiger partial charge in [0.25, 0.3) is 0 Å². The lowest BCUT2D eigenvalue weighted by Gasteiger charge is -2.12. The Bertz CT molecular complexity index is 472. The molecule has 0 saturated carbocycles. The lowest BCUT2D eigenvalue weighted by molar-refractivity contribution is 1.30. The maximum Gasteiger partial charge on any atom is -0.0149 e. The van der Waals surface area contributed by atoms with Crippen molar-refractivity contribution in [2.45, 2.75) is 27.7 Å². The second kappa shape index (κ2) is 4.13. The van der Waals surface area contributed by atoms with Gasteiger partial charge in [-0.05, 0) is 61.1 Å². The van der Waals surface area contributed by atoms with Crippen molar-refractivity contribution in [1.82, 2.24) is 0 Å². The molecule has 2 aromatic rings. The minimum absolute atomic E-state index is 1.36. The zero-order valence-electron chi connectivity index (χ0n) is 10.5. The summed E-state index contributed by atoms with van der Waals surface area (Å²) < 4.78 is 0. The maximum absolute atomic E-state index is 2.21. The predicted octanol–water partition coefficient (Wildman–Crippen LogP) is 4.59. The minimum atomic E-state index is 1.36. The normalized spacial score (nSPS) is 10.5. The van der Waals surface area contributed by atoms with Gasteiger partial charge in [0, 0.05) is 0 Å². The maximum atomic E-state index is 2.21. The first-order valence-corrected chi connectivity index (χ1v) is 5.74. The largest absolute Gasteiger partial charge is 0.0614 e. The highest BCUT2D eigenvalue weighted by Gasteiger charge is 2.07. The van der Waals surface area contributed by atoms with Crippen LogP contribution in [0.3, 0.4) is 0 Å². The molecule has 82 valence electrons. The molecule has 0 aliphatic rings. The molecule has 0 amide bonds. The van der Waals surface area contributed by atoms with Crippen LogP contribution in [-0.2, 0) is 0 Å². The molecule has 0 bridgehead atoms. The van der Waals surface area contributed by atoms with Crippen LogP contribution in [0.1, 0.15) is 22.3 Å². The van der Waals surface area contributed by atoms with E-state index in [1.807, 2.05) is 0 Å². The van der Waals surface area contributed by atoms with E-state index in [1.165, 1.54) is 33.4 Å². The Morgan fingerprint density at radius 2 is 0.938 bits per heavy atom. The molecule has 0 aliphatic heterocycles. The number of hydrogen-bond acceptors (Lipinski definition) is 0. The molecule has 0 radical (unpaired) electrons. The van der Waals surface area contributed by atoms with E-state index in [0.29, 0.717) is 0 Å². The topological polar surface area (TPSA) is 0 Å². The second-order valence-electron chi connectivity index (χ2n) is 4.49. The Balaban J connectivity index is 2.68. The smallest absolute Gasteiger partial charge is 0.0149 e. The van der Waals surface area contributed by atoms with Gasteiger partial charge in [0.05, 0.1) is 0 Å². The van der Waals surface area contributed by atoms with Crippen molar-refractivity contribution >= 4 is 0 Å². The standard InChI is InChI=1S/C16H18/c1-11-7-5-9-15(13(11)3)16-10-6-8-12(2)14(16)4/h5-10H,1-4H3. The molecule has 2 rings (SSSR count). The molecule has 0 saturated heterocycles. The number of benzene rings is 2. The van der Waals surface area contributed by atoms with E-state index in [2.05, 4.69) is 64.1 Å². The summed E-state index contributed by atoms with van der Waals surface area (Å²) in [7, 11) is 0. The molecule has 0 spiro atoms. The molecule has 0 heteroatoms. The quantitative estimate of drug-likeness (QED) is 0.646. The van der Waals surface area contributed by atoms with Crippen molar-refractivity contribution < 1.29 is 0 Å². The van der Waals surface area contributed by atoms with Crippen LogP contribution in [0.25, 0.3) is 11.1 Å². The highest BCUT2D eigenvalue weighted by Crippen LogP contribution is 2.29. The molecule has 0 N–H and O–H groups in total. The van der Waals surface area contributed by atoms with E-state index in [9.17, 15) is 0 Å². The second-order valence-corrected chi connectivity index (χ2v) is 4.49. The van der Waals surface area contributed by atoms with Crippen LogP contribution in [0, 0.1) is 27.7 Å². The molecule has 0 aromatic heterocycles. The monoisotopic (exact) mass is 210 g/mol. The van der Waals surface area contributed by atoms with Crippen molar-refractivity contribution in [2.75, 3.05) is 0 Å². The molecule has 0 atom stereocenters. The van der Waals surface area contributed by atoms with Crippen LogP contribution < -0.4 is 0 Å². The Labute approximate surface area is 97.9 Å². The lowest BCUT2D eigenvalue weighted by Crippen LogP contribution is -1.91. The average Bonchev–Trinajstić information content (AvgIpc) is 2.27. The molecule has 0 heterocycles. The van der Waals surface area contributed by atoms with Gasteiger partial charge in [-0.2, -0.15) is 0 Å². The van der Waals surface area contributed by atoms with Crippen LogP contribution in [0.4, 0.5) is 0 Å². The zero-order valence-corrected chi connectivity index (χ0v) is 10.5. The van der Waals surface area contributed by atoms with Crippen LogP contribution >= 0.6 is 0 Å². The summed E-state index contributed by atoms with van der Waals surface area (Å²) in [5.74, 6) is 0. The van der Waals surface area contributed by atoms with Gasteiger partial charge >= 0.3 is 0 Å². The van der Waals surface area contributed by atoms with Gasteiger partial charge in [0.1, 0.15) is 0 Å². The molecule has 0 fully saturated rings. The number of hydrogen-bond donors (Lipinski definition) is 0. The molecule has 0 nitrogen and oxygen atoms in total. The number of aryl methyl sites for hydroxylation is 2. The Hall–Kier alpha value is -1.56. The van der Waals surface area contributed by atoms with E-state index < -0.39 is 0 Å². The van der Waals surface area contributed by atoms with Crippen molar-refractivity contribution in [3.8, 4) is 11.1 Å². The third-order valence-electron chi connectivity index (χ3n) is 3.50. The van der Waals surface area contributed by atoms with Gasteiger partial charge in [-0.3, -0.25) is 0 Å². The van der Waals surface area contributed by atoms with Crippen LogP contribution in [0.5, 0.6) is 0 Å². The Kier molecular flexibility index (Phi) is 2.82. The summed E-state index contributed by atoms with van der Waals surface area (Å²) in [6, 6.07) is 13.0. The van der Waals surface area contributed by atoms with Gasteiger partial charge in [-0.25, -0.2) is 0 Å². The first kappa shape index (κ1) is 10.9. The Morgan fingerprint density at radius 1 is 0.562 bits per heavy atom. The summed E-state index contributed by atoms with van der Waals surface area (Å²) in [6.07, 6.45) is 0. The minimum Gasteiger partial charge on any atom is -0.0614 e. The van der Waals surface area contributed by atoms with E-state index in [0.717, 1.165) is 0 Å². The highest BCUT2D eigenvalue weighted by atomic mass is 14.1. The average molecular weight is 210 g/mol. The molecular formula is C16H18. The van der Waals surface area contributed by atoms with Gasteiger partial charge in [0.2, 0.25) is 0 Å². The summed E-state index contributed by atoms with van der Waals surface area (Å²) in [5, 5.41) is 0. The molecular weight excluding hydrogens is 192 g/mol.